The Morgan fingerprint density at radius 2 is 1.79 bits per heavy atom. The lowest BCUT2D eigenvalue weighted by Gasteiger charge is -2.26. The molecule has 1 saturated heterocycles. The Hall–Kier alpha value is -4.43. The number of piperidine rings is 1. The van der Waals surface area contributed by atoms with Crippen LogP contribution >= 0.6 is 0 Å². The summed E-state index contributed by atoms with van der Waals surface area (Å²) in [5.41, 5.74) is 4.58. The molecule has 1 fully saturated rings. The number of fused-ring (bicyclic) bond motifs is 1. The molecule has 42 heavy (non-hydrogen) atoms. The highest BCUT2D eigenvalue weighted by molar-refractivity contribution is 5.84. The quantitative estimate of drug-likeness (QED) is 0.207. The van der Waals surface area contributed by atoms with Gasteiger partial charge in [0.2, 0.25) is 5.91 Å². The number of para-hydroxylation sites is 1. The second-order valence-corrected chi connectivity index (χ2v) is 11.0. The number of aryl methyl sites for hydroxylation is 2. The number of methoxy groups -OCH3 is 1. The summed E-state index contributed by atoms with van der Waals surface area (Å²) in [5.74, 6) is 2.50. The molecule has 8 heteroatoms. The molecule has 3 heterocycles. The number of ether oxygens (including phenoxy) is 1. The molecule has 2 atom stereocenters. The normalized spacial score (nSPS) is 15.9. The Balaban J connectivity index is 1.36. The molecular weight excluding hydrogens is 524 g/mol. The average Bonchev–Trinajstić information content (AvgIpc) is 3.64. The van der Waals surface area contributed by atoms with Gasteiger partial charge in [0.15, 0.2) is 5.82 Å². The number of hydrogen-bond acceptors (Lipinski definition) is 5. The van der Waals surface area contributed by atoms with Crippen molar-refractivity contribution >= 4 is 16.8 Å². The van der Waals surface area contributed by atoms with Crippen LogP contribution < -0.4 is 15.4 Å². The van der Waals surface area contributed by atoms with Crippen LogP contribution in [0.3, 0.4) is 0 Å². The minimum atomic E-state index is -0.350. The van der Waals surface area contributed by atoms with E-state index in [1.165, 1.54) is 5.56 Å². The number of H-pyrrole nitrogens is 1. The van der Waals surface area contributed by atoms with E-state index in [2.05, 4.69) is 68.7 Å². The van der Waals surface area contributed by atoms with Gasteiger partial charge in [0.05, 0.1) is 25.7 Å². The Bertz CT molecular complexity index is 1600. The molecule has 0 spiro atoms. The van der Waals surface area contributed by atoms with Crippen molar-refractivity contribution in [1.29, 1.82) is 0 Å². The Morgan fingerprint density at radius 1 is 0.976 bits per heavy atom. The summed E-state index contributed by atoms with van der Waals surface area (Å²) in [6.07, 6.45) is 7.23. The van der Waals surface area contributed by atoms with Crippen molar-refractivity contribution in [3.05, 3.63) is 113 Å². The van der Waals surface area contributed by atoms with Crippen LogP contribution in [0.4, 0.5) is 0 Å². The van der Waals surface area contributed by atoms with E-state index in [1.54, 1.807) is 7.11 Å². The van der Waals surface area contributed by atoms with Gasteiger partial charge in [0, 0.05) is 29.9 Å². The van der Waals surface area contributed by atoms with E-state index in [-0.39, 0.29) is 18.0 Å². The molecular formula is C34H38N6O2. The van der Waals surface area contributed by atoms with E-state index in [0.29, 0.717) is 13.0 Å². The Morgan fingerprint density at radius 3 is 2.57 bits per heavy atom. The third kappa shape index (κ3) is 6.39. The van der Waals surface area contributed by atoms with Crippen LogP contribution in [0.15, 0.2) is 85.1 Å². The summed E-state index contributed by atoms with van der Waals surface area (Å²) in [6.45, 7) is 1.46. The number of nitrogens with one attached hydrogen (secondary N) is 3. The predicted molar refractivity (Wildman–Crippen MR) is 164 cm³/mol. The fourth-order valence-corrected chi connectivity index (χ4v) is 5.85. The molecule has 1 amide bonds. The van der Waals surface area contributed by atoms with Gasteiger partial charge in [-0.05, 0) is 60.7 Å². The molecule has 5 aromatic rings. The number of aromatic nitrogens is 4. The molecule has 0 aliphatic carbocycles. The highest BCUT2D eigenvalue weighted by atomic mass is 16.5. The van der Waals surface area contributed by atoms with Gasteiger partial charge in [0.25, 0.3) is 0 Å². The largest absolute Gasteiger partial charge is 0.497 e. The fraction of sp³-hybridized carbons (Fsp3) is 0.324. The molecule has 0 unspecified atom stereocenters. The van der Waals surface area contributed by atoms with Crippen molar-refractivity contribution in [2.45, 2.75) is 57.2 Å². The number of rotatable bonds is 11. The maximum atomic E-state index is 13.6. The lowest BCUT2D eigenvalue weighted by molar-refractivity contribution is -0.124. The van der Waals surface area contributed by atoms with Gasteiger partial charge < -0.3 is 24.9 Å². The maximum Gasteiger partial charge on any atom is 0.237 e. The van der Waals surface area contributed by atoms with E-state index in [0.717, 1.165) is 78.1 Å². The topological polar surface area (TPSA) is 96.9 Å². The molecule has 0 radical (unpaired) electrons. The molecule has 1 aliphatic rings. The number of carbonyl (C=O) groups excluding carboxylic acids is 1. The number of aromatic amines is 1. The fourth-order valence-electron chi connectivity index (χ4n) is 5.85. The number of carbonyl (C=O) groups is 1. The van der Waals surface area contributed by atoms with Gasteiger partial charge in [-0.1, -0.05) is 67.1 Å². The van der Waals surface area contributed by atoms with Gasteiger partial charge in [-0.2, -0.15) is 0 Å². The first-order chi connectivity index (χ1) is 20.7. The van der Waals surface area contributed by atoms with Crippen molar-refractivity contribution in [3.8, 4) is 5.75 Å². The second kappa shape index (κ2) is 13.0. The van der Waals surface area contributed by atoms with Crippen LogP contribution in [-0.4, -0.2) is 45.4 Å². The first kappa shape index (κ1) is 27.7. The summed E-state index contributed by atoms with van der Waals surface area (Å²) in [5, 5.41) is 17.4. The van der Waals surface area contributed by atoms with Crippen molar-refractivity contribution < 1.29 is 9.53 Å². The number of hydrogen-bond donors (Lipinski definition) is 3. The van der Waals surface area contributed by atoms with Crippen LogP contribution in [0.5, 0.6) is 5.75 Å². The predicted octanol–water partition coefficient (Wildman–Crippen LogP) is 5.14. The van der Waals surface area contributed by atoms with Crippen LogP contribution in [0.1, 0.15) is 53.6 Å². The van der Waals surface area contributed by atoms with Crippen molar-refractivity contribution in [3.63, 3.8) is 0 Å². The van der Waals surface area contributed by atoms with Gasteiger partial charge >= 0.3 is 0 Å². The van der Waals surface area contributed by atoms with Crippen molar-refractivity contribution in [1.82, 2.24) is 30.4 Å². The van der Waals surface area contributed by atoms with E-state index in [1.807, 2.05) is 36.5 Å². The molecule has 8 nitrogen and oxygen atoms in total. The smallest absolute Gasteiger partial charge is 0.237 e. The van der Waals surface area contributed by atoms with Crippen LogP contribution in [0.2, 0.25) is 0 Å². The van der Waals surface area contributed by atoms with Crippen LogP contribution in [0, 0.1) is 0 Å². The van der Waals surface area contributed by atoms with Crippen LogP contribution in [0.25, 0.3) is 10.9 Å². The number of amides is 1. The number of benzene rings is 3. The number of nitrogens with zero attached hydrogens (tertiary/aromatic N) is 3. The monoisotopic (exact) mass is 562 g/mol. The van der Waals surface area contributed by atoms with Gasteiger partial charge in [-0.3, -0.25) is 4.79 Å². The third-order valence-corrected chi connectivity index (χ3v) is 8.19. The summed E-state index contributed by atoms with van der Waals surface area (Å²) >= 11 is 0. The lowest BCUT2D eigenvalue weighted by Crippen LogP contribution is -2.48. The first-order valence-corrected chi connectivity index (χ1v) is 14.9. The summed E-state index contributed by atoms with van der Waals surface area (Å²) < 4.78 is 7.58. The third-order valence-electron chi connectivity index (χ3n) is 8.19. The molecule has 0 saturated carbocycles. The van der Waals surface area contributed by atoms with Gasteiger partial charge in [-0.15, -0.1) is 10.2 Å². The van der Waals surface area contributed by atoms with Crippen LogP contribution in [-0.2, 0) is 30.6 Å². The SMILES string of the molecule is COc1ccc(Cn2c(CCc3ccccc3)nnc2[C@@H](Cc2c[nH]c3ccccc23)NC(=O)[C@H]2CCCCN2)cc1. The lowest BCUT2D eigenvalue weighted by atomic mass is 10.0. The molecule has 3 N–H and O–H groups in total. The molecule has 1 aliphatic heterocycles. The van der Waals surface area contributed by atoms with E-state index < -0.39 is 0 Å². The Kier molecular flexibility index (Phi) is 8.61. The summed E-state index contributed by atoms with van der Waals surface area (Å²) in [7, 11) is 1.67. The minimum Gasteiger partial charge on any atom is -0.497 e. The van der Waals surface area contributed by atoms with E-state index in [4.69, 9.17) is 14.9 Å². The second-order valence-electron chi connectivity index (χ2n) is 11.0. The highest BCUT2D eigenvalue weighted by Crippen LogP contribution is 2.26. The van der Waals surface area contributed by atoms with Gasteiger partial charge in [0.1, 0.15) is 11.6 Å². The van der Waals surface area contributed by atoms with Crippen molar-refractivity contribution in [2.75, 3.05) is 13.7 Å². The molecule has 2 aromatic heterocycles. The van der Waals surface area contributed by atoms with E-state index in [9.17, 15) is 4.79 Å². The van der Waals surface area contributed by atoms with Gasteiger partial charge in [-0.25, -0.2) is 0 Å². The molecule has 6 rings (SSSR count). The standard InChI is InChI=1S/C34H38N6O2/c1-42-27-17-14-25(15-18-27)23-40-32(19-16-24-9-3-2-4-10-24)38-39-33(40)31(37-34(41)30-13-7-8-20-35-30)21-26-22-36-29-12-6-5-11-28(26)29/h2-6,9-12,14-15,17-18,22,30-31,35-36H,7-8,13,16,19-21,23H2,1H3,(H,37,41)/t30-,31-/m1/s1. The molecule has 0 bridgehead atoms. The summed E-state index contributed by atoms with van der Waals surface area (Å²) in [6, 6.07) is 26.3. The first-order valence-electron chi connectivity index (χ1n) is 14.9. The Labute approximate surface area is 246 Å². The zero-order chi connectivity index (χ0) is 28.7. The molecule has 216 valence electrons. The minimum absolute atomic E-state index is 0.0179. The van der Waals surface area contributed by atoms with Crippen molar-refractivity contribution in [2.24, 2.45) is 0 Å². The van der Waals surface area contributed by atoms with E-state index >= 15 is 0 Å². The zero-order valence-corrected chi connectivity index (χ0v) is 24.1. The maximum absolute atomic E-state index is 13.6. The summed E-state index contributed by atoms with van der Waals surface area (Å²) in [4.78, 5) is 17.0. The highest BCUT2D eigenvalue weighted by Gasteiger charge is 2.28. The zero-order valence-electron chi connectivity index (χ0n) is 24.1. The molecule has 3 aromatic carbocycles. The average molecular weight is 563 g/mol.